The molecule has 2 aromatic rings. The van der Waals surface area contributed by atoms with E-state index >= 15 is 0 Å². The monoisotopic (exact) mass is 401 g/mol. The van der Waals surface area contributed by atoms with Gasteiger partial charge in [0.1, 0.15) is 0 Å². The first-order valence-corrected chi connectivity index (χ1v) is 11.1. The third-order valence-electron chi connectivity index (χ3n) is 4.30. The Morgan fingerprint density at radius 2 is 1.93 bits per heavy atom. The molecule has 0 atom stereocenters. The van der Waals surface area contributed by atoms with Crippen molar-refractivity contribution < 1.29 is 8.42 Å². The van der Waals surface area contributed by atoms with Crippen molar-refractivity contribution in [2.75, 3.05) is 13.1 Å². The van der Waals surface area contributed by atoms with Crippen LogP contribution in [0.3, 0.4) is 0 Å². The first kappa shape index (κ1) is 20.3. The van der Waals surface area contributed by atoms with Gasteiger partial charge in [-0.2, -0.15) is 0 Å². The first-order chi connectivity index (χ1) is 13.6. The van der Waals surface area contributed by atoms with E-state index in [-0.39, 0.29) is 6.04 Å². The second-order valence-electron chi connectivity index (χ2n) is 6.73. The molecule has 0 spiro atoms. The normalized spacial score (nSPS) is 14.7. The van der Waals surface area contributed by atoms with Gasteiger partial charge in [0.2, 0.25) is 10.0 Å². The van der Waals surface area contributed by atoms with Gasteiger partial charge in [-0.1, -0.05) is 18.2 Å². The highest BCUT2D eigenvalue weighted by atomic mass is 32.2. The quantitative estimate of drug-likeness (QED) is 0.440. The van der Waals surface area contributed by atoms with Crippen LogP contribution in [-0.2, 0) is 23.0 Å². The molecule has 28 heavy (non-hydrogen) atoms. The molecule has 1 aliphatic carbocycles. The van der Waals surface area contributed by atoms with E-state index in [1.54, 1.807) is 18.3 Å². The number of pyridine rings is 1. The molecule has 8 heteroatoms. The van der Waals surface area contributed by atoms with Crippen molar-refractivity contribution in [2.45, 2.75) is 43.7 Å². The number of nitrogens with zero attached hydrogens (tertiary/aromatic N) is 2. The standard InChI is InChI=1S/C20H27N5O2S/c1-2-21-20(23-14-12-17-5-3-4-13-22-17)24-15-16-6-10-19(11-7-16)28(26,27)25-18-8-9-18/h3-7,10-11,13,18,25H,2,8-9,12,14-15H2,1H3,(H2,21,23,24). The Balaban J connectivity index is 1.54. The molecule has 0 aliphatic heterocycles. The summed E-state index contributed by atoms with van der Waals surface area (Å²) in [6, 6.07) is 12.9. The SMILES string of the molecule is CCNC(=NCc1ccc(S(=O)(=O)NC2CC2)cc1)NCCc1ccccn1. The van der Waals surface area contributed by atoms with Gasteiger partial charge in [0.25, 0.3) is 0 Å². The van der Waals surface area contributed by atoms with Crippen molar-refractivity contribution in [3.8, 4) is 0 Å². The summed E-state index contributed by atoms with van der Waals surface area (Å²) in [5, 5.41) is 6.51. The highest BCUT2D eigenvalue weighted by Crippen LogP contribution is 2.22. The molecule has 7 nitrogen and oxygen atoms in total. The number of guanidine groups is 1. The van der Waals surface area contributed by atoms with Crippen LogP contribution in [0.25, 0.3) is 0 Å². The zero-order valence-electron chi connectivity index (χ0n) is 16.1. The van der Waals surface area contributed by atoms with Crippen molar-refractivity contribution in [2.24, 2.45) is 4.99 Å². The van der Waals surface area contributed by atoms with Crippen molar-refractivity contribution in [1.29, 1.82) is 0 Å². The molecular formula is C20H27N5O2S. The number of nitrogens with one attached hydrogen (secondary N) is 3. The Kier molecular flexibility index (Phi) is 7.00. The third-order valence-corrected chi connectivity index (χ3v) is 5.83. The summed E-state index contributed by atoms with van der Waals surface area (Å²) < 4.78 is 27.1. The number of hydrogen-bond acceptors (Lipinski definition) is 4. The molecule has 0 radical (unpaired) electrons. The van der Waals surface area contributed by atoms with E-state index in [4.69, 9.17) is 0 Å². The van der Waals surface area contributed by atoms with Crippen LogP contribution < -0.4 is 15.4 Å². The number of benzene rings is 1. The maximum Gasteiger partial charge on any atom is 0.240 e. The van der Waals surface area contributed by atoms with Crippen LogP contribution in [0.5, 0.6) is 0 Å². The number of rotatable bonds is 9. The summed E-state index contributed by atoms with van der Waals surface area (Å²) in [4.78, 5) is 9.18. The fourth-order valence-corrected chi connectivity index (χ4v) is 3.93. The Hall–Kier alpha value is -2.45. The van der Waals surface area contributed by atoms with Crippen molar-refractivity contribution >= 4 is 16.0 Å². The lowest BCUT2D eigenvalue weighted by Crippen LogP contribution is -2.38. The molecule has 1 saturated carbocycles. The van der Waals surface area contributed by atoms with Gasteiger partial charge in [-0.3, -0.25) is 4.98 Å². The lowest BCUT2D eigenvalue weighted by Gasteiger charge is -2.11. The van der Waals surface area contributed by atoms with Gasteiger partial charge in [0.05, 0.1) is 11.4 Å². The smallest absolute Gasteiger partial charge is 0.240 e. The fraction of sp³-hybridized carbons (Fsp3) is 0.400. The topological polar surface area (TPSA) is 95.5 Å². The average Bonchev–Trinajstić information content (AvgIpc) is 3.50. The van der Waals surface area contributed by atoms with Crippen molar-refractivity contribution in [3.63, 3.8) is 0 Å². The maximum absolute atomic E-state index is 12.2. The Morgan fingerprint density at radius 1 is 1.14 bits per heavy atom. The molecule has 1 fully saturated rings. The fourth-order valence-electron chi connectivity index (χ4n) is 2.63. The molecule has 1 aromatic carbocycles. The predicted molar refractivity (Wildman–Crippen MR) is 111 cm³/mol. The van der Waals surface area contributed by atoms with Gasteiger partial charge in [-0.15, -0.1) is 0 Å². The van der Waals surface area contributed by atoms with E-state index in [0.717, 1.165) is 49.6 Å². The highest BCUT2D eigenvalue weighted by molar-refractivity contribution is 7.89. The van der Waals surface area contributed by atoms with Gasteiger partial charge < -0.3 is 10.6 Å². The molecule has 0 bridgehead atoms. The van der Waals surface area contributed by atoms with Crippen molar-refractivity contribution in [1.82, 2.24) is 20.3 Å². The summed E-state index contributed by atoms with van der Waals surface area (Å²) in [5.41, 5.74) is 1.98. The van der Waals surface area contributed by atoms with Gasteiger partial charge >= 0.3 is 0 Å². The van der Waals surface area contributed by atoms with E-state index in [1.807, 2.05) is 37.3 Å². The van der Waals surface area contributed by atoms with Crippen LogP contribution >= 0.6 is 0 Å². The van der Waals surface area contributed by atoms with Gasteiger partial charge in [0, 0.05) is 37.4 Å². The maximum atomic E-state index is 12.2. The van der Waals surface area contributed by atoms with E-state index in [2.05, 4.69) is 25.3 Å². The van der Waals surface area contributed by atoms with Crippen LogP contribution in [0.1, 0.15) is 31.0 Å². The molecule has 1 aliphatic rings. The number of hydrogen-bond donors (Lipinski definition) is 3. The number of aliphatic imine (C=N–C) groups is 1. The van der Waals surface area contributed by atoms with Crippen LogP contribution in [0.2, 0.25) is 0 Å². The largest absolute Gasteiger partial charge is 0.357 e. The second kappa shape index (κ2) is 9.66. The predicted octanol–water partition coefficient (Wildman–Crippen LogP) is 1.82. The summed E-state index contributed by atoms with van der Waals surface area (Å²) in [5.74, 6) is 0.727. The zero-order valence-corrected chi connectivity index (χ0v) is 16.9. The zero-order chi connectivity index (χ0) is 19.8. The molecule has 3 rings (SSSR count). The third kappa shape index (κ3) is 6.31. The summed E-state index contributed by atoms with van der Waals surface area (Å²) in [7, 11) is -3.41. The number of aromatic nitrogens is 1. The first-order valence-electron chi connectivity index (χ1n) is 9.60. The molecular weight excluding hydrogens is 374 g/mol. The lowest BCUT2D eigenvalue weighted by atomic mass is 10.2. The Morgan fingerprint density at radius 3 is 2.57 bits per heavy atom. The minimum absolute atomic E-state index is 0.106. The minimum atomic E-state index is -3.41. The van der Waals surface area contributed by atoms with Crippen LogP contribution in [-0.4, -0.2) is 38.5 Å². The summed E-state index contributed by atoms with van der Waals surface area (Å²) in [6.07, 6.45) is 4.45. The average molecular weight is 402 g/mol. The molecule has 3 N–H and O–H groups in total. The second-order valence-corrected chi connectivity index (χ2v) is 8.45. The Bertz CT molecular complexity index is 879. The van der Waals surface area contributed by atoms with Gasteiger partial charge in [-0.05, 0) is 49.6 Å². The van der Waals surface area contributed by atoms with Crippen LogP contribution in [0.4, 0.5) is 0 Å². The van der Waals surface area contributed by atoms with Crippen LogP contribution in [0.15, 0.2) is 58.5 Å². The molecule has 150 valence electrons. The molecule has 0 unspecified atom stereocenters. The van der Waals surface area contributed by atoms with Gasteiger partial charge in [0.15, 0.2) is 5.96 Å². The van der Waals surface area contributed by atoms with E-state index < -0.39 is 10.0 Å². The summed E-state index contributed by atoms with van der Waals surface area (Å²) in [6.45, 7) is 3.98. The van der Waals surface area contributed by atoms with Crippen molar-refractivity contribution in [3.05, 3.63) is 59.9 Å². The van der Waals surface area contributed by atoms with E-state index in [1.165, 1.54) is 0 Å². The molecule has 0 saturated heterocycles. The van der Waals surface area contributed by atoms with E-state index in [9.17, 15) is 8.42 Å². The lowest BCUT2D eigenvalue weighted by molar-refractivity contribution is 0.581. The molecule has 1 aromatic heterocycles. The minimum Gasteiger partial charge on any atom is -0.357 e. The number of sulfonamides is 1. The summed E-state index contributed by atoms with van der Waals surface area (Å²) >= 11 is 0. The molecule has 1 heterocycles. The molecule has 0 amide bonds. The Labute approximate surface area is 166 Å². The van der Waals surface area contributed by atoms with Crippen LogP contribution in [0, 0.1) is 0 Å². The van der Waals surface area contributed by atoms with Gasteiger partial charge in [-0.25, -0.2) is 18.1 Å². The highest BCUT2D eigenvalue weighted by Gasteiger charge is 2.27. The van der Waals surface area contributed by atoms with E-state index in [0.29, 0.717) is 11.4 Å².